The van der Waals surface area contributed by atoms with E-state index in [1.54, 1.807) is 12.1 Å². The van der Waals surface area contributed by atoms with Crippen LogP contribution in [0.4, 0.5) is 20.0 Å². The summed E-state index contributed by atoms with van der Waals surface area (Å²) in [6, 6.07) is 11.3. The average Bonchev–Trinajstić information content (AvgIpc) is 2.99. The van der Waals surface area contributed by atoms with Gasteiger partial charge in [-0.3, -0.25) is 5.32 Å². The molecule has 3 rings (SSSR count). The molecule has 2 N–H and O–H groups in total. The van der Waals surface area contributed by atoms with Gasteiger partial charge < -0.3 is 5.32 Å². The van der Waals surface area contributed by atoms with Gasteiger partial charge in [-0.2, -0.15) is 0 Å². The highest BCUT2D eigenvalue weighted by Crippen LogP contribution is 2.26. The van der Waals surface area contributed by atoms with Crippen molar-refractivity contribution in [3.63, 3.8) is 0 Å². The van der Waals surface area contributed by atoms with Crippen molar-refractivity contribution in [3.8, 4) is 10.6 Å². The van der Waals surface area contributed by atoms with Gasteiger partial charge in [0.2, 0.25) is 5.13 Å². The maximum absolute atomic E-state index is 13.2. The van der Waals surface area contributed by atoms with E-state index >= 15 is 0 Å². The smallest absolute Gasteiger partial charge is 0.308 e. The number of carbonyl (C=O) groups excluding carboxylic acids is 1. The molecule has 1 aromatic heterocycles. The second kappa shape index (κ2) is 6.76. The fourth-order valence-corrected chi connectivity index (χ4v) is 2.83. The third-order valence-corrected chi connectivity index (χ3v) is 4.37. The van der Waals surface area contributed by atoms with E-state index < -0.39 is 6.03 Å². The molecule has 0 spiro atoms. The number of rotatable bonds is 3. The number of hydrogen-bond acceptors (Lipinski definition) is 4. The molecule has 2 amide bonds. The lowest BCUT2D eigenvalue weighted by Gasteiger charge is -2.07. The van der Waals surface area contributed by atoms with Crippen LogP contribution < -0.4 is 10.6 Å². The van der Waals surface area contributed by atoms with Crippen LogP contribution in [0.5, 0.6) is 0 Å². The van der Waals surface area contributed by atoms with Gasteiger partial charge in [0.25, 0.3) is 0 Å². The van der Waals surface area contributed by atoms with Gasteiger partial charge in [-0.25, -0.2) is 9.18 Å². The van der Waals surface area contributed by atoms with Gasteiger partial charge >= 0.3 is 6.03 Å². The van der Waals surface area contributed by atoms with Crippen molar-refractivity contribution in [2.75, 3.05) is 10.6 Å². The predicted molar refractivity (Wildman–Crippen MR) is 93.9 cm³/mol. The molecule has 24 heavy (non-hydrogen) atoms. The van der Waals surface area contributed by atoms with Gasteiger partial charge in [-0.05, 0) is 49.2 Å². The maximum atomic E-state index is 13.2. The fourth-order valence-electron chi connectivity index (χ4n) is 2.09. The second-order valence-corrected chi connectivity index (χ2v) is 6.28. The molecule has 0 saturated carbocycles. The van der Waals surface area contributed by atoms with Crippen LogP contribution in [-0.2, 0) is 0 Å². The summed E-state index contributed by atoms with van der Waals surface area (Å²) in [5.74, 6) is -0.343. The SMILES string of the molecule is Cc1ccc(NC(=O)Nc2nnc(-c3cccc(F)c3)s2)cc1C. The number of anilines is 2. The van der Waals surface area contributed by atoms with Crippen molar-refractivity contribution in [2.24, 2.45) is 0 Å². The van der Waals surface area contributed by atoms with Crippen molar-refractivity contribution in [2.45, 2.75) is 13.8 Å². The molecule has 0 aliphatic heterocycles. The molecule has 0 unspecified atom stereocenters. The number of hydrogen-bond donors (Lipinski definition) is 2. The van der Waals surface area contributed by atoms with Gasteiger partial charge in [-0.15, -0.1) is 10.2 Å². The zero-order valence-corrected chi connectivity index (χ0v) is 13.9. The van der Waals surface area contributed by atoms with Crippen molar-refractivity contribution in [1.29, 1.82) is 0 Å². The van der Waals surface area contributed by atoms with Crippen LogP contribution in [0.3, 0.4) is 0 Å². The Kier molecular flexibility index (Phi) is 4.52. The fraction of sp³-hybridized carbons (Fsp3) is 0.118. The Morgan fingerprint density at radius 1 is 1.04 bits per heavy atom. The van der Waals surface area contributed by atoms with E-state index in [9.17, 15) is 9.18 Å². The minimum atomic E-state index is -0.403. The van der Waals surface area contributed by atoms with E-state index in [1.165, 1.54) is 23.5 Å². The molecule has 5 nitrogen and oxygen atoms in total. The lowest BCUT2D eigenvalue weighted by molar-refractivity contribution is 0.262. The number of aryl methyl sites for hydroxylation is 2. The summed E-state index contributed by atoms with van der Waals surface area (Å²) in [7, 11) is 0. The molecule has 0 radical (unpaired) electrons. The summed E-state index contributed by atoms with van der Waals surface area (Å²) in [6.07, 6.45) is 0. The third kappa shape index (κ3) is 3.75. The quantitative estimate of drug-likeness (QED) is 0.731. The van der Waals surface area contributed by atoms with Gasteiger partial charge in [0.05, 0.1) is 0 Å². The highest BCUT2D eigenvalue weighted by atomic mass is 32.1. The standard InChI is InChI=1S/C17H15FN4OS/c1-10-6-7-14(8-11(10)2)19-16(23)20-17-22-21-15(24-17)12-4-3-5-13(18)9-12/h3-9H,1-2H3,(H2,19,20,22,23). The number of carbonyl (C=O) groups is 1. The highest BCUT2D eigenvalue weighted by Gasteiger charge is 2.10. The van der Waals surface area contributed by atoms with E-state index in [0.29, 0.717) is 21.4 Å². The number of nitrogens with zero attached hydrogens (tertiary/aromatic N) is 2. The van der Waals surface area contributed by atoms with Crippen LogP contribution in [0.15, 0.2) is 42.5 Å². The lowest BCUT2D eigenvalue weighted by Crippen LogP contribution is -2.19. The van der Waals surface area contributed by atoms with Crippen LogP contribution >= 0.6 is 11.3 Å². The van der Waals surface area contributed by atoms with Gasteiger partial charge in [0, 0.05) is 11.3 Å². The van der Waals surface area contributed by atoms with Crippen LogP contribution in [0.2, 0.25) is 0 Å². The van der Waals surface area contributed by atoms with Crippen molar-refractivity contribution in [1.82, 2.24) is 10.2 Å². The normalized spacial score (nSPS) is 10.5. The molecule has 1 heterocycles. The van der Waals surface area contributed by atoms with Crippen molar-refractivity contribution in [3.05, 3.63) is 59.4 Å². The van der Waals surface area contributed by atoms with Crippen LogP contribution in [0, 0.1) is 19.7 Å². The highest BCUT2D eigenvalue weighted by molar-refractivity contribution is 7.18. The van der Waals surface area contributed by atoms with E-state index in [1.807, 2.05) is 32.0 Å². The molecule has 122 valence electrons. The first-order chi connectivity index (χ1) is 11.5. The average molecular weight is 342 g/mol. The molecule has 3 aromatic rings. The Balaban J connectivity index is 1.68. The maximum Gasteiger partial charge on any atom is 0.325 e. The van der Waals surface area contributed by atoms with Crippen molar-refractivity contribution >= 4 is 28.2 Å². The lowest BCUT2D eigenvalue weighted by atomic mass is 10.1. The molecule has 0 aliphatic carbocycles. The first kappa shape index (κ1) is 16.1. The molecule has 0 saturated heterocycles. The van der Waals surface area contributed by atoms with Gasteiger partial charge in [-0.1, -0.05) is 29.5 Å². The molecular weight excluding hydrogens is 327 g/mol. The monoisotopic (exact) mass is 342 g/mol. The molecule has 0 fully saturated rings. The Hall–Kier alpha value is -2.80. The second-order valence-electron chi connectivity index (χ2n) is 5.30. The largest absolute Gasteiger partial charge is 0.325 e. The minimum absolute atomic E-state index is 0.343. The zero-order chi connectivity index (χ0) is 17.1. The number of aromatic nitrogens is 2. The third-order valence-electron chi connectivity index (χ3n) is 3.48. The summed E-state index contributed by atoms with van der Waals surface area (Å²) >= 11 is 1.18. The summed E-state index contributed by atoms with van der Waals surface area (Å²) in [4.78, 5) is 12.0. The number of amides is 2. The summed E-state index contributed by atoms with van der Waals surface area (Å²) < 4.78 is 13.2. The van der Waals surface area contributed by atoms with Crippen LogP contribution in [0.1, 0.15) is 11.1 Å². The van der Waals surface area contributed by atoms with Crippen LogP contribution in [0.25, 0.3) is 10.6 Å². The Bertz CT molecular complexity index is 894. The first-order valence-electron chi connectivity index (χ1n) is 7.26. The number of benzene rings is 2. The Labute approximate surface area is 142 Å². The minimum Gasteiger partial charge on any atom is -0.308 e. The molecule has 0 atom stereocenters. The van der Waals surface area contributed by atoms with Crippen molar-refractivity contribution < 1.29 is 9.18 Å². The molecule has 0 bridgehead atoms. The predicted octanol–water partition coefficient (Wildman–Crippen LogP) is 4.61. The van der Waals surface area contributed by atoms with E-state index in [0.717, 1.165) is 11.1 Å². The van der Waals surface area contributed by atoms with E-state index in [4.69, 9.17) is 0 Å². The number of halogens is 1. The summed E-state index contributed by atoms with van der Waals surface area (Å²) in [5.41, 5.74) is 3.57. The van der Waals surface area contributed by atoms with E-state index in [-0.39, 0.29) is 5.82 Å². The molecule has 0 aliphatic rings. The van der Waals surface area contributed by atoms with Gasteiger partial charge in [0.1, 0.15) is 10.8 Å². The van der Waals surface area contributed by atoms with Crippen LogP contribution in [-0.4, -0.2) is 16.2 Å². The topological polar surface area (TPSA) is 66.9 Å². The number of urea groups is 1. The summed E-state index contributed by atoms with van der Waals surface area (Å²) in [6.45, 7) is 3.99. The molecule has 7 heteroatoms. The Morgan fingerprint density at radius 3 is 2.62 bits per heavy atom. The van der Waals surface area contributed by atoms with E-state index in [2.05, 4.69) is 20.8 Å². The first-order valence-corrected chi connectivity index (χ1v) is 8.07. The molecular formula is C17H15FN4OS. The Morgan fingerprint density at radius 2 is 1.88 bits per heavy atom. The van der Waals surface area contributed by atoms with Gasteiger partial charge in [0.15, 0.2) is 0 Å². The summed E-state index contributed by atoms with van der Waals surface area (Å²) in [5, 5.41) is 14.1. The number of nitrogens with one attached hydrogen (secondary N) is 2. The molecule has 2 aromatic carbocycles. The zero-order valence-electron chi connectivity index (χ0n) is 13.1.